The Balaban J connectivity index is 5.14. The smallest absolute Gasteiger partial charge is 0.139 e. The van der Waals surface area contributed by atoms with Crippen LogP contribution in [-0.2, 0) is 4.79 Å². The van der Waals surface area contributed by atoms with Gasteiger partial charge in [-0.2, -0.15) is 0 Å². The van der Waals surface area contributed by atoms with Crippen LogP contribution < -0.4 is 0 Å². The molecular formula is C29H58O. The summed E-state index contributed by atoms with van der Waals surface area (Å²) in [5, 5.41) is 0. The number of hydrogen-bond donors (Lipinski definition) is 0. The summed E-state index contributed by atoms with van der Waals surface area (Å²) < 4.78 is 0. The van der Waals surface area contributed by atoms with Gasteiger partial charge in [-0.25, -0.2) is 0 Å². The van der Waals surface area contributed by atoms with Gasteiger partial charge in [-0.15, -0.1) is 0 Å². The van der Waals surface area contributed by atoms with E-state index in [0.717, 1.165) is 38.0 Å². The van der Waals surface area contributed by atoms with Crippen LogP contribution in [-0.4, -0.2) is 5.78 Å². The summed E-state index contributed by atoms with van der Waals surface area (Å²) in [7, 11) is 0. The van der Waals surface area contributed by atoms with Crippen LogP contribution in [0, 0.1) is 17.3 Å². The molecule has 0 aliphatic heterocycles. The first-order chi connectivity index (χ1) is 14.4. The second kappa shape index (κ2) is 19.4. The van der Waals surface area contributed by atoms with Gasteiger partial charge >= 0.3 is 0 Å². The van der Waals surface area contributed by atoms with E-state index in [9.17, 15) is 4.79 Å². The van der Waals surface area contributed by atoms with Crippen LogP contribution >= 0.6 is 0 Å². The average Bonchev–Trinajstić information content (AvgIpc) is 2.73. The molecule has 1 atom stereocenters. The van der Waals surface area contributed by atoms with Crippen molar-refractivity contribution in [1.82, 2.24) is 0 Å². The van der Waals surface area contributed by atoms with E-state index in [1.54, 1.807) is 0 Å². The van der Waals surface area contributed by atoms with Crippen molar-refractivity contribution in [2.24, 2.45) is 17.3 Å². The van der Waals surface area contributed by atoms with Crippen LogP contribution in [0.2, 0.25) is 0 Å². The molecule has 0 bridgehead atoms. The molecule has 1 nitrogen and oxygen atoms in total. The van der Waals surface area contributed by atoms with Crippen molar-refractivity contribution < 1.29 is 4.79 Å². The quantitative estimate of drug-likeness (QED) is 0.158. The Labute approximate surface area is 191 Å². The first-order valence-electron chi connectivity index (χ1n) is 14.0. The molecule has 0 amide bonds. The van der Waals surface area contributed by atoms with E-state index in [0.29, 0.717) is 11.7 Å². The number of unbranched alkanes of at least 4 members (excludes halogenated alkanes) is 11. The van der Waals surface area contributed by atoms with E-state index in [2.05, 4.69) is 41.5 Å². The van der Waals surface area contributed by atoms with Crippen LogP contribution in [0.1, 0.15) is 164 Å². The Morgan fingerprint density at radius 2 is 1.03 bits per heavy atom. The summed E-state index contributed by atoms with van der Waals surface area (Å²) in [6.07, 6.45) is 23.7. The van der Waals surface area contributed by atoms with Gasteiger partial charge in [-0.1, -0.05) is 131 Å². The summed E-state index contributed by atoms with van der Waals surface area (Å²) in [5.41, 5.74) is -0.0421. The van der Waals surface area contributed by atoms with Crippen molar-refractivity contribution in [3.05, 3.63) is 0 Å². The predicted octanol–water partition coefficient (Wildman–Crippen LogP) is 10.3. The number of Topliss-reactive ketones (excluding diaryl/α,β-unsaturated/α-hetero) is 1. The first kappa shape index (κ1) is 29.7. The SMILES string of the molecule is CCCCCCCCC(CCCCCCCC)(C(=O)CCCC)C(C)CCC(C)C. The summed E-state index contributed by atoms with van der Waals surface area (Å²) >= 11 is 0. The second-order valence-electron chi connectivity index (χ2n) is 10.6. The third-order valence-electron chi connectivity index (χ3n) is 7.39. The Morgan fingerprint density at radius 3 is 1.47 bits per heavy atom. The van der Waals surface area contributed by atoms with Gasteiger partial charge in [0.2, 0.25) is 0 Å². The van der Waals surface area contributed by atoms with E-state index >= 15 is 0 Å². The normalized spacial score (nSPS) is 13.2. The fourth-order valence-electron chi connectivity index (χ4n) is 5.06. The molecule has 0 N–H and O–H groups in total. The summed E-state index contributed by atoms with van der Waals surface area (Å²) in [6, 6.07) is 0. The number of hydrogen-bond acceptors (Lipinski definition) is 1. The van der Waals surface area contributed by atoms with Gasteiger partial charge in [-0.3, -0.25) is 4.79 Å². The Morgan fingerprint density at radius 1 is 0.600 bits per heavy atom. The molecule has 0 saturated heterocycles. The van der Waals surface area contributed by atoms with Crippen LogP contribution in [0.25, 0.3) is 0 Å². The van der Waals surface area contributed by atoms with Crippen LogP contribution in [0.4, 0.5) is 0 Å². The lowest BCUT2D eigenvalue weighted by molar-refractivity contribution is -0.133. The highest BCUT2D eigenvalue weighted by molar-refractivity contribution is 5.85. The number of carbonyl (C=O) groups excluding carboxylic acids is 1. The largest absolute Gasteiger partial charge is 0.299 e. The van der Waals surface area contributed by atoms with Crippen LogP contribution in [0.5, 0.6) is 0 Å². The summed E-state index contributed by atoms with van der Waals surface area (Å²) in [4.78, 5) is 13.6. The molecule has 180 valence electrons. The van der Waals surface area contributed by atoms with Crippen molar-refractivity contribution >= 4 is 5.78 Å². The Bertz CT molecular complexity index is 368. The van der Waals surface area contributed by atoms with E-state index in [1.807, 2.05) is 0 Å². The molecule has 0 radical (unpaired) electrons. The highest BCUT2D eigenvalue weighted by atomic mass is 16.1. The molecule has 0 aromatic carbocycles. The van der Waals surface area contributed by atoms with E-state index in [4.69, 9.17) is 0 Å². The van der Waals surface area contributed by atoms with Crippen molar-refractivity contribution in [2.45, 2.75) is 164 Å². The molecule has 1 heteroatoms. The Kier molecular flexibility index (Phi) is 19.1. The number of rotatable bonds is 22. The number of carbonyl (C=O) groups is 1. The van der Waals surface area contributed by atoms with Gasteiger partial charge in [-0.05, 0) is 37.5 Å². The molecule has 0 heterocycles. The lowest BCUT2D eigenvalue weighted by atomic mass is 9.64. The van der Waals surface area contributed by atoms with Crippen LogP contribution in [0.3, 0.4) is 0 Å². The molecule has 0 spiro atoms. The third kappa shape index (κ3) is 13.2. The first-order valence-corrected chi connectivity index (χ1v) is 14.0. The second-order valence-corrected chi connectivity index (χ2v) is 10.6. The zero-order valence-corrected chi connectivity index (χ0v) is 22.0. The number of ketones is 1. The van der Waals surface area contributed by atoms with Crippen molar-refractivity contribution in [3.63, 3.8) is 0 Å². The van der Waals surface area contributed by atoms with E-state index in [-0.39, 0.29) is 5.41 Å². The minimum absolute atomic E-state index is 0.0421. The topological polar surface area (TPSA) is 17.1 Å². The molecule has 0 rings (SSSR count). The highest BCUT2D eigenvalue weighted by Gasteiger charge is 2.40. The molecule has 0 aromatic rings. The maximum absolute atomic E-state index is 13.6. The Hall–Kier alpha value is -0.330. The molecule has 0 aliphatic carbocycles. The average molecular weight is 423 g/mol. The van der Waals surface area contributed by atoms with Gasteiger partial charge in [0.05, 0.1) is 0 Å². The third-order valence-corrected chi connectivity index (χ3v) is 7.39. The molecule has 0 aromatic heterocycles. The molecule has 30 heavy (non-hydrogen) atoms. The molecule has 0 fully saturated rings. The summed E-state index contributed by atoms with van der Waals surface area (Å²) in [5.74, 6) is 1.89. The van der Waals surface area contributed by atoms with Crippen molar-refractivity contribution in [3.8, 4) is 0 Å². The highest BCUT2D eigenvalue weighted by Crippen LogP contribution is 2.44. The molecule has 1 unspecified atom stereocenters. The minimum Gasteiger partial charge on any atom is -0.299 e. The van der Waals surface area contributed by atoms with E-state index in [1.165, 1.54) is 89.9 Å². The standard InChI is InChI=1S/C29H58O/c1-7-10-13-15-17-19-24-29(28(30)21-12-9-3,27(6)23-22-26(4)5)25-20-18-16-14-11-8-2/h26-27H,7-25H2,1-6H3. The monoisotopic (exact) mass is 422 g/mol. The molecule has 0 saturated carbocycles. The van der Waals surface area contributed by atoms with Crippen LogP contribution in [0.15, 0.2) is 0 Å². The lowest BCUT2D eigenvalue weighted by Crippen LogP contribution is -2.38. The maximum Gasteiger partial charge on any atom is 0.139 e. The minimum atomic E-state index is -0.0421. The van der Waals surface area contributed by atoms with E-state index < -0.39 is 0 Å². The zero-order chi connectivity index (χ0) is 22.7. The van der Waals surface area contributed by atoms with Gasteiger partial charge in [0.25, 0.3) is 0 Å². The van der Waals surface area contributed by atoms with Gasteiger partial charge in [0, 0.05) is 11.8 Å². The zero-order valence-electron chi connectivity index (χ0n) is 22.0. The predicted molar refractivity (Wildman–Crippen MR) is 136 cm³/mol. The molecule has 0 aliphatic rings. The van der Waals surface area contributed by atoms with Crippen molar-refractivity contribution in [2.75, 3.05) is 0 Å². The van der Waals surface area contributed by atoms with Gasteiger partial charge < -0.3 is 0 Å². The maximum atomic E-state index is 13.6. The lowest BCUT2D eigenvalue weighted by Gasteiger charge is -2.39. The van der Waals surface area contributed by atoms with Gasteiger partial charge in [0.1, 0.15) is 5.78 Å². The van der Waals surface area contributed by atoms with Crippen molar-refractivity contribution in [1.29, 1.82) is 0 Å². The van der Waals surface area contributed by atoms with Gasteiger partial charge in [0.15, 0.2) is 0 Å². The molecular weight excluding hydrogens is 364 g/mol. The fourth-order valence-corrected chi connectivity index (χ4v) is 5.06. The fraction of sp³-hybridized carbons (Fsp3) is 0.966. The summed E-state index contributed by atoms with van der Waals surface area (Å²) in [6.45, 7) is 13.9.